The molecule has 1 aliphatic rings. The lowest BCUT2D eigenvalue weighted by atomic mass is 9.98. The molecule has 0 saturated carbocycles. The van der Waals surface area contributed by atoms with Crippen LogP contribution >= 0.6 is 0 Å². The second-order valence-corrected chi connectivity index (χ2v) is 6.30. The number of rotatable bonds is 5. The normalized spacial score (nSPS) is 18.3. The Balaban J connectivity index is 1.64. The van der Waals surface area contributed by atoms with Crippen LogP contribution in [0.1, 0.15) is 31.2 Å². The third kappa shape index (κ3) is 4.22. The SMILES string of the molecule is CCOC(=O)[C@@H]1CCCN(Cc2nc(-c3ccc(C)c(F)c3)no2)C1. The van der Waals surface area contributed by atoms with Crippen molar-refractivity contribution in [2.75, 3.05) is 19.7 Å². The zero-order valence-corrected chi connectivity index (χ0v) is 14.5. The van der Waals surface area contributed by atoms with Crippen molar-refractivity contribution in [1.82, 2.24) is 15.0 Å². The Morgan fingerprint density at radius 1 is 1.48 bits per heavy atom. The van der Waals surface area contributed by atoms with Crippen LogP contribution in [0.4, 0.5) is 4.39 Å². The van der Waals surface area contributed by atoms with Gasteiger partial charge in [0.1, 0.15) is 5.82 Å². The van der Waals surface area contributed by atoms with Crippen molar-refractivity contribution < 1.29 is 18.4 Å². The number of hydrogen-bond acceptors (Lipinski definition) is 6. The highest BCUT2D eigenvalue weighted by molar-refractivity contribution is 5.72. The van der Waals surface area contributed by atoms with Gasteiger partial charge in [-0.3, -0.25) is 9.69 Å². The molecule has 0 unspecified atom stereocenters. The van der Waals surface area contributed by atoms with Gasteiger partial charge in [0.25, 0.3) is 0 Å². The van der Waals surface area contributed by atoms with Crippen molar-refractivity contribution in [2.45, 2.75) is 33.2 Å². The molecule has 1 atom stereocenters. The van der Waals surface area contributed by atoms with Crippen molar-refractivity contribution in [2.24, 2.45) is 5.92 Å². The first-order valence-corrected chi connectivity index (χ1v) is 8.55. The number of piperidine rings is 1. The van der Waals surface area contributed by atoms with Crippen LogP contribution in [0.2, 0.25) is 0 Å². The van der Waals surface area contributed by atoms with Crippen LogP contribution in [0.15, 0.2) is 22.7 Å². The molecule has 25 heavy (non-hydrogen) atoms. The van der Waals surface area contributed by atoms with Gasteiger partial charge in [0.05, 0.1) is 19.1 Å². The molecule has 2 heterocycles. The minimum Gasteiger partial charge on any atom is -0.466 e. The third-order valence-electron chi connectivity index (χ3n) is 4.38. The summed E-state index contributed by atoms with van der Waals surface area (Å²) in [6.07, 6.45) is 1.76. The van der Waals surface area contributed by atoms with Crippen molar-refractivity contribution in [3.63, 3.8) is 0 Å². The number of hydrogen-bond donors (Lipinski definition) is 0. The van der Waals surface area contributed by atoms with Gasteiger partial charge in [-0.2, -0.15) is 4.98 Å². The Kier molecular flexibility index (Phi) is 5.43. The number of nitrogens with zero attached hydrogens (tertiary/aromatic N) is 3. The van der Waals surface area contributed by atoms with Crippen molar-refractivity contribution in [3.8, 4) is 11.4 Å². The number of halogens is 1. The molecule has 3 rings (SSSR count). The monoisotopic (exact) mass is 347 g/mol. The summed E-state index contributed by atoms with van der Waals surface area (Å²) in [4.78, 5) is 18.4. The van der Waals surface area contributed by atoms with Gasteiger partial charge in [-0.1, -0.05) is 17.3 Å². The van der Waals surface area contributed by atoms with Crippen LogP contribution < -0.4 is 0 Å². The predicted molar refractivity (Wildman–Crippen MR) is 89.1 cm³/mol. The summed E-state index contributed by atoms with van der Waals surface area (Å²) in [6, 6.07) is 4.86. The van der Waals surface area contributed by atoms with Gasteiger partial charge in [0.15, 0.2) is 0 Å². The lowest BCUT2D eigenvalue weighted by molar-refractivity contribution is -0.150. The molecule has 0 bridgehead atoms. The lowest BCUT2D eigenvalue weighted by Gasteiger charge is -2.30. The minimum absolute atomic E-state index is 0.109. The standard InChI is InChI=1S/C18H22FN3O3/c1-3-24-18(23)14-5-4-8-22(10-14)11-16-20-17(21-25-16)13-7-6-12(2)15(19)9-13/h6-7,9,14H,3-5,8,10-11H2,1-2H3/t14-/m1/s1. The van der Waals surface area contributed by atoms with Gasteiger partial charge in [0, 0.05) is 12.1 Å². The molecule has 1 aliphatic heterocycles. The first-order chi connectivity index (χ1) is 12.1. The Hall–Kier alpha value is -2.28. The zero-order chi connectivity index (χ0) is 17.8. The molecule has 2 aromatic rings. The molecule has 0 amide bonds. The fraction of sp³-hybridized carbons (Fsp3) is 0.500. The number of carbonyl (C=O) groups excluding carboxylic acids is 1. The van der Waals surface area contributed by atoms with Crippen LogP contribution in [0.5, 0.6) is 0 Å². The molecule has 1 aromatic heterocycles. The topological polar surface area (TPSA) is 68.5 Å². The van der Waals surface area contributed by atoms with E-state index in [9.17, 15) is 9.18 Å². The molecule has 0 spiro atoms. The zero-order valence-electron chi connectivity index (χ0n) is 14.5. The van der Waals surface area contributed by atoms with E-state index in [4.69, 9.17) is 9.26 Å². The van der Waals surface area contributed by atoms with Crippen LogP contribution in [-0.4, -0.2) is 40.7 Å². The van der Waals surface area contributed by atoms with Gasteiger partial charge in [-0.15, -0.1) is 0 Å². The van der Waals surface area contributed by atoms with Gasteiger partial charge in [-0.05, 0) is 44.9 Å². The average molecular weight is 347 g/mol. The van der Waals surface area contributed by atoms with Crippen molar-refractivity contribution in [1.29, 1.82) is 0 Å². The fourth-order valence-corrected chi connectivity index (χ4v) is 3.01. The van der Waals surface area contributed by atoms with Gasteiger partial charge in [0.2, 0.25) is 11.7 Å². The Morgan fingerprint density at radius 3 is 3.08 bits per heavy atom. The second-order valence-electron chi connectivity index (χ2n) is 6.30. The van der Waals surface area contributed by atoms with E-state index in [1.165, 1.54) is 6.07 Å². The van der Waals surface area contributed by atoms with E-state index in [0.717, 1.165) is 19.4 Å². The molecule has 0 N–H and O–H groups in total. The maximum absolute atomic E-state index is 13.7. The third-order valence-corrected chi connectivity index (χ3v) is 4.38. The van der Waals surface area contributed by atoms with Crippen LogP contribution in [-0.2, 0) is 16.1 Å². The molecule has 134 valence electrons. The summed E-state index contributed by atoms with van der Waals surface area (Å²) in [7, 11) is 0. The first-order valence-electron chi connectivity index (χ1n) is 8.55. The van der Waals surface area contributed by atoms with Gasteiger partial charge >= 0.3 is 5.97 Å². The molecule has 7 heteroatoms. The molecular formula is C18H22FN3O3. The Labute approximate surface area is 146 Å². The smallest absolute Gasteiger partial charge is 0.310 e. The minimum atomic E-state index is -0.294. The van der Waals surface area contributed by atoms with E-state index in [1.54, 1.807) is 19.1 Å². The number of benzene rings is 1. The quantitative estimate of drug-likeness (QED) is 0.775. The predicted octanol–water partition coefficient (Wildman–Crippen LogP) is 2.96. The summed E-state index contributed by atoms with van der Waals surface area (Å²) in [5.41, 5.74) is 1.16. The molecule has 0 radical (unpaired) electrons. The largest absolute Gasteiger partial charge is 0.466 e. The summed E-state index contributed by atoms with van der Waals surface area (Å²) >= 11 is 0. The Morgan fingerprint density at radius 2 is 2.32 bits per heavy atom. The molecule has 0 aliphatic carbocycles. The van der Waals surface area contributed by atoms with E-state index < -0.39 is 0 Å². The highest BCUT2D eigenvalue weighted by atomic mass is 19.1. The van der Waals surface area contributed by atoms with E-state index in [-0.39, 0.29) is 17.7 Å². The molecule has 1 aromatic carbocycles. The number of aryl methyl sites for hydroxylation is 1. The molecule has 1 saturated heterocycles. The fourth-order valence-electron chi connectivity index (χ4n) is 3.01. The van der Waals surface area contributed by atoms with E-state index >= 15 is 0 Å². The summed E-state index contributed by atoms with van der Waals surface area (Å²) in [5, 5.41) is 3.94. The van der Waals surface area contributed by atoms with Gasteiger partial charge < -0.3 is 9.26 Å². The molecular weight excluding hydrogens is 325 g/mol. The van der Waals surface area contributed by atoms with Crippen molar-refractivity contribution >= 4 is 5.97 Å². The maximum atomic E-state index is 13.7. The maximum Gasteiger partial charge on any atom is 0.310 e. The van der Waals surface area contributed by atoms with Crippen molar-refractivity contribution in [3.05, 3.63) is 35.5 Å². The van der Waals surface area contributed by atoms with E-state index in [2.05, 4.69) is 15.0 Å². The average Bonchev–Trinajstić information content (AvgIpc) is 3.06. The lowest BCUT2D eigenvalue weighted by Crippen LogP contribution is -2.39. The number of ether oxygens (including phenoxy) is 1. The van der Waals surface area contributed by atoms with E-state index in [1.807, 2.05) is 6.92 Å². The number of esters is 1. The highest BCUT2D eigenvalue weighted by Crippen LogP contribution is 2.22. The van der Waals surface area contributed by atoms with Crippen LogP contribution in [0, 0.1) is 18.7 Å². The van der Waals surface area contributed by atoms with Crippen LogP contribution in [0.3, 0.4) is 0 Å². The summed E-state index contributed by atoms with van der Waals surface area (Å²) < 4.78 is 24.1. The highest BCUT2D eigenvalue weighted by Gasteiger charge is 2.27. The van der Waals surface area contributed by atoms with Crippen LogP contribution in [0.25, 0.3) is 11.4 Å². The number of aromatic nitrogens is 2. The second kappa shape index (κ2) is 7.74. The molecule has 1 fully saturated rings. The Bertz CT molecular complexity index is 747. The number of carbonyl (C=O) groups is 1. The summed E-state index contributed by atoms with van der Waals surface area (Å²) in [6.45, 7) is 5.87. The summed E-state index contributed by atoms with van der Waals surface area (Å²) in [5.74, 6) is 0.279. The molecule has 6 nitrogen and oxygen atoms in total. The number of likely N-dealkylation sites (tertiary alicyclic amines) is 1. The van der Waals surface area contributed by atoms with Gasteiger partial charge in [-0.25, -0.2) is 4.39 Å². The first kappa shape index (κ1) is 17.5. The van der Waals surface area contributed by atoms with E-state index in [0.29, 0.717) is 42.5 Å².